The Morgan fingerprint density at radius 3 is 1.72 bits per heavy atom. The average Bonchev–Trinajstić information content (AvgIpc) is 2.42. The Hall–Kier alpha value is -0.600. The number of rotatable bonds is 0. The van der Waals surface area contributed by atoms with Crippen molar-refractivity contribution in [3.05, 3.63) is 56.5 Å². The number of hydrogen-bond acceptors (Lipinski definition) is 0. The molecule has 0 unspecified atom stereocenters. The molecule has 2 aromatic carbocycles. The summed E-state index contributed by atoms with van der Waals surface area (Å²) in [7, 11) is 0. The fraction of sp³-hybridized carbons (Fsp3) is 0.250. The van der Waals surface area contributed by atoms with Gasteiger partial charge in [0.15, 0.2) is 0 Å². The van der Waals surface area contributed by atoms with Crippen LogP contribution in [-0.2, 0) is 12.8 Å². The second-order valence-corrected chi connectivity index (χ2v) is 6.95. The van der Waals surface area contributed by atoms with E-state index < -0.39 is 0 Å². The third kappa shape index (κ3) is 2.28. The molecule has 1 aliphatic carbocycles. The lowest BCUT2D eigenvalue weighted by atomic mass is 9.97. The molecule has 2 heteroatoms. The van der Waals surface area contributed by atoms with E-state index in [-0.39, 0.29) is 0 Å². The van der Waals surface area contributed by atoms with Crippen LogP contribution in [0.1, 0.15) is 18.1 Å². The second kappa shape index (κ2) is 4.82. The third-order valence-corrected chi connectivity index (χ3v) is 4.55. The van der Waals surface area contributed by atoms with Crippen LogP contribution in [0.2, 0.25) is 0 Å². The van der Waals surface area contributed by atoms with Gasteiger partial charge in [-0.3, -0.25) is 0 Å². The standard InChI is InChI=1S/C16H14Br2/c1-10-6-11-8-13(17)2-4-15(11)16-5-3-14(18)9-12(16)7-10/h2-5,8-10H,6-7H2,1H3. The SMILES string of the molecule is CC1Cc2cc(Br)ccc2-c2ccc(Br)cc2C1. The highest BCUT2D eigenvalue weighted by Crippen LogP contribution is 2.36. The van der Waals surface area contributed by atoms with Gasteiger partial charge in [-0.1, -0.05) is 50.9 Å². The number of fused-ring (bicyclic) bond motifs is 3. The van der Waals surface area contributed by atoms with Crippen molar-refractivity contribution in [1.82, 2.24) is 0 Å². The van der Waals surface area contributed by atoms with Crippen molar-refractivity contribution in [2.24, 2.45) is 5.92 Å². The van der Waals surface area contributed by atoms with E-state index in [1.54, 1.807) is 0 Å². The molecule has 1 aliphatic rings. The fourth-order valence-electron chi connectivity index (χ4n) is 2.81. The molecule has 0 radical (unpaired) electrons. The molecule has 3 rings (SSSR count). The predicted molar refractivity (Wildman–Crippen MR) is 83.9 cm³/mol. The molecule has 0 bridgehead atoms. The topological polar surface area (TPSA) is 0 Å². The molecule has 0 N–H and O–H groups in total. The van der Waals surface area contributed by atoms with Crippen molar-refractivity contribution >= 4 is 31.9 Å². The summed E-state index contributed by atoms with van der Waals surface area (Å²) < 4.78 is 2.35. The molecule has 0 atom stereocenters. The van der Waals surface area contributed by atoms with Crippen molar-refractivity contribution in [3.8, 4) is 11.1 Å². The van der Waals surface area contributed by atoms with Gasteiger partial charge < -0.3 is 0 Å². The van der Waals surface area contributed by atoms with Crippen LogP contribution < -0.4 is 0 Å². The summed E-state index contributed by atoms with van der Waals surface area (Å²) in [5.74, 6) is 0.689. The first-order valence-corrected chi connectivity index (χ1v) is 7.79. The van der Waals surface area contributed by atoms with E-state index in [2.05, 4.69) is 75.2 Å². The lowest BCUT2D eigenvalue weighted by Crippen LogP contribution is -2.01. The van der Waals surface area contributed by atoms with Crippen LogP contribution in [0.4, 0.5) is 0 Å². The minimum Gasteiger partial charge on any atom is -0.0619 e. The van der Waals surface area contributed by atoms with Gasteiger partial charge in [0.05, 0.1) is 0 Å². The van der Waals surface area contributed by atoms with Gasteiger partial charge in [0, 0.05) is 8.95 Å². The van der Waals surface area contributed by atoms with Crippen LogP contribution in [-0.4, -0.2) is 0 Å². The van der Waals surface area contributed by atoms with E-state index in [9.17, 15) is 0 Å². The monoisotopic (exact) mass is 364 g/mol. The van der Waals surface area contributed by atoms with Gasteiger partial charge in [0.2, 0.25) is 0 Å². The molecule has 0 aliphatic heterocycles. The molecule has 18 heavy (non-hydrogen) atoms. The smallest absolute Gasteiger partial charge is 0.0178 e. The van der Waals surface area contributed by atoms with E-state index in [4.69, 9.17) is 0 Å². The maximum absolute atomic E-state index is 3.58. The molecule has 0 amide bonds. The zero-order chi connectivity index (χ0) is 12.7. The van der Waals surface area contributed by atoms with Crippen LogP contribution >= 0.6 is 31.9 Å². The molecule has 0 heterocycles. The summed E-state index contributed by atoms with van der Waals surface area (Å²) in [4.78, 5) is 0. The Morgan fingerprint density at radius 1 is 0.833 bits per heavy atom. The van der Waals surface area contributed by atoms with Gasteiger partial charge in [-0.25, -0.2) is 0 Å². The summed E-state index contributed by atoms with van der Waals surface area (Å²) in [5, 5.41) is 0. The van der Waals surface area contributed by atoms with Gasteiger partial charge >= 0.3 is 0 Å². The number of halogens is 2. The van der Waals surface area contributed by atoms with Crippen LogP contribution in [0.15, 0.2) is 45.3 Å². The van der Waals surface area contributed by atoms with Crippen LogP contribution in [0, 0.1) is 5.92 Å². The molecule has 0 aromatic heterocycles. The highest BCUT2D eigenvalue weighted by Gasteiger charge is 2.18. The minimum atomic E-state index is 0.689. The first kappa shape index (κ1) is 12.4. The maximum atomic E-state index is 3.58. The molecule has 0 fully saturated rings. The average molecular weight is 366 g/mol. The Kier molecular flexibility index (Phi) is 3.33. The zero-order valence-electron chi connectivity index (χ0n) is 10.2. The number of hydrogen-bond donors (Lipinski definition) is 0. The van der Waals surface area contributed by atoms with E-state index in [0.29, 0.717) is 5.92 Å². The predicted octanol–water partition coefficient (Wildman–Crippen LogP) is 5.61. The van der Waals surface area contributed by atoms with Crippen molar-refractivity contribution in [3.63, 3.8) is 0 Å². The molecule has 0 nitrogen and oxygen atoms in total. The zero-order valence-corrected chi connectivity index (χ0v) is 13.4. The minimum absolute atomic E-state index is 0.689. The second-order valence-electron chi connectivity index (χ2n) is 5.12. The summed E-state index contributed by atoms with van der Waals surface area (Å²) in [5.41, 5.74) is 5.70. The van der Waals surface area contributed by atoms with Crippen molar-refractivity contribution < 1.29 is 0 Å². The van der Waals surface area contributed by atoms with Crippen LogP contribution in [0.25, 0.3) is 11.1 Å². The van der Waals surface area contributed by atoms with Gasteiger partial charge in [-0.05, 0) is 65.3 Å². The highest BCUT2D eigenvalue weighted by atomic mass is 79.9. The maximum Gasteiger partial charge on any atom is 0.0178 e. The van der Waals surface area contributed by atoms with Crippen molar-refractivity contribution in [1.29, 1.82) is 0 Å². The Bertz CT molecular complexity index is 549. The third-order valence-electron chi connectivity index (χ3n) is 3.56. The normalized spacial score (nSPS) is 14.8. The molecule has 2 aromatic rings. The quantitative estimate of drug-likeness (QED) is 0.568. The molecule has 0 saturated heterocycles. The summed E-state index contributed by atoms with van der Waals surface area (Å²) >= 11 is 7.16. The van der Waals surface area contributed by atoms with Crippen LogP contribution in [0.3, 0.4) is 0 Å². The summed E-state index contributed by atoms with van der Waals surface area (Å²) in [6.45, 7) is 2.33. The highest BCUT2D eigenvalue weighted by molar-refractivity contribution is 9.10. The van der Waals surface area contributed by atoms with E-state index in [1.165, 1.54) is 31.2 Å². The van der Waals surface area contributed by atoms with Gasteiger partial charge in [0.1, 0.15) is 0 Å². The van der Waals surface area contributed by atoms with E-state index in [1.807, 2.05) is 0 Å². The molecule has 92 valence electrons. The lowest BCUT2D eigenvalue weighted by molar-refractivity contribution is 0.583. The Balaban J connectivity index is 2.25. The van der Waals surface area contributed by atoms with E-state index >= 15 is 0 Å². The molecule has 0 spiro atoms. The Morgan fingerprint density at radius 2 is 1.28 bits per heavy atom. The van der Waals surface area contributed by atoms with Gasteiger partial charge in [-0.2, -0.15) is 0 Å². The van der Waals surface area contributed by atoms with Crippen molar-refractivity contribution in [2.75, 3.05) is 0 Å². The summed E-state index contributed by atoms with van der Waals surface area (Å²) in [6.07, 6.45) is 2.31. The lowest BCUT2D eigenvalue weighted by Gasteiger charge is -2.10. The molecular formula is C16H14Br2. The first-order chi connectivity index (χ1) is 8.63. The summed E-state index contributed by atoms with van der Waals surface area (Å²) in [6, 6.07) is 13.3. The Labute approximate surface area is 125 Å². The molecular weight excluding hydrogens is 352 g/mol. The number of benzene rings is 2. The van der Waals surface area contributed by atoms with Crippen molar-refractivity contribution in [2.45, 2.75) is 19.8 Å². The van der Waals surface area contributed by atoms with E-state index in [0.717, 1.165) is 12.8 Å². The largest absolute Gasteiger partial charge is 0.0619 e. The fourth-order valence-corrected chi connectivity index (χ4v) is 3.63. The first-order valence-electron chi connectivity index (χ1n) is 6.20. The van der Waals surface area contributed by atoms with Gasteiger partial charge in [-0.15, -0.1) is 0 Å². The molecule has 0 saturated carbocycles. The van der Waals surface area contributed by atoms with Gasteiger partial charge in [0.25, 0.3) is 0 Å². The van der Waals surface area contributed by atoms with Crippen LogP contribution in [0.5, 0.6) is 0 Å².